The Morgan fingerprint density at radius 1 is 1.56 bits per heavy atom. The molecule has 0 aromatic heterocycles. The second-order valence-electron chi connectivity index (χ2n) is 5.34. The number of carbonyl (C=O) groups is 1. The van der Waals surface area contributed by atoms with Crippen LogP contribution in [0.1, 0.15) is 26.7 Å². The molecule has 0 aromatic carbocycles. The summed E-state index contributed by atoms with van der Waals surface area (Å²) in [5.41, 5.74) is 5.37. The van der Waals surface area contributed by atoms with E-state index in [4.69, 9.17) is 10.5 Å². The molecule has 1 unspecified atom stereocenters. The molecule has 3 N–H and O–H groups in total. The predicted molar refractivity (Wildman–Crippen MR) is 72.3 cm³/mol. The number of hydrogen-bond acceptors (Lipinski definition) is 4. The molecule has 1 aliphatic rings. The summed E-state index contributed by atoms with van der Waals surface area (Å²) >= 11 is 0. The Morgan fingerprint density at radius 3 is 3.00 bits per heavy atom. The van der Waals surface area contributed by atoms with Crippen LogP contribution in [0.5, 0.6) is 0 Å². The van der Waals surface area contributed by atoms with Gasteiger partial charge in [0, 0.05) is 32.6 Å². The molecule has 1 aliphatic heterocycles. The fourth-order valence-electron chi connectivity index (χ4n) is 2.16. The van der Waals surface area contributed by atoms with Crippen molar-refractivity contribution >= 4 is 5.91 Å². The van der Waals surface area contributed by atoms with Gasteiger partial charge < -0.3 is 15.8 Å². The molecule has 0 aliphatic carbocycles. The van der Waals surface area contributed by atoms with Crippen molar-refractivity contribution in [1.29, 1.82) is 0 Å². The van der Waals surface area contributed by atoms with Crippen molar-refractivity contribution in [3.63, 3.8) is 0 Å². The monoisotopic (exact) mass is 257 g/mol. The molecule has 0 saturated carbocycles. The minimum Gasteiger partial charge on any atom is -0.374 e. The van der Waals surface area contributed by atoms with Gasteiger partial charge in [0.1, 0.15) is 0 Å². The van der Waals surface area contributed by atoms with Gasteiger partial charge in [0.15, 0.2) is 0 Å². The zero-order chi connectivity index (χ0) is 13.4. The Bertz CT molecular complexity index is 246. The van der Waals surface area contributed by atoms with Crippen LogP contribution < -0.4 is 11.1 Å². The number of ether oxygens (including phenoxy) is 1. The van der Waals surface area contributed by atoms with Crippen LogP contribution >= 0.6 is 0 Å². The molecule has 18 heavy (non-hydrogen) atoms. The highest BCUT2D eigenvalue weighted by Crippen LogP contribution is 2.07. The second kappa shape index (κ2) is 8.45. The molecule has 5 heteroatoms. The number of nitrogens with one attached hydrogen (secondary N) is 1. The van der Waals surface area contributed by atoms with Crippen molar-refractivity contribution in [2.24, 2.45) is 11.7 Å². The molecule has 1 rings (SSSR count). The molecular weight excluding hydrogens is 230 g/mol. The third-order valence-electron chi connectivity index (χ3n) is 2.98. The molecule has 0 bridgehead atoms. The first-order chi connectivity index (χ1) is 8.61. The van der Waals surface area contributed by atoms with Gasteiger partial charge in [-0.3, -0.25) is 9.69 Å². The van der Waals surface area contributed by atoms with E-state index in [9.17, 15) is 4.79 Å². The van der Waals surface area contributed by atoms with Gasteiger partial charge in [-0.2, -0.15) is 0 Å². The minimum absolute atomic E-state index is 0.0741. The summed E-state index contributed by atoms with van der Waals surface area (Å²) in [5.74, 6) is 0.743. The summed E-state index contributed by atoms with van der Waals surface area (Å²) in [7, 11) is 0. The predicted octanol–water partition coefficient (Wildman–Crippen LogP) is 0.198. The molecule has 0 aromatic rings. The van der Waals surface area contributed by atoms with Gasteiger partial charge in [0.25, 0.3) is 0 Å². The van der Waals surface area contributed by atoms with Gasteiger partial charge in [-0.1, -0.05) is 13.8 Å². The zero-order valence-electron chi connectivity index (χ0n) is 11.7. The van der Waals surface area contributed by atoms with E-state index >= 15 is 0 Å². The molecule has 106 valence electrons. The highest BCUT2D eigenvalue weighted by molar-refractivity contribution is 5.75. The maximum atomic E-state index is 11.5. The smallest absolute Gasteiger partial charge is 0.220 e. The summed E-state index contributed by atoms with van der Waals surface area (Å²) in [4.78, 5) is 13.9. The third-order valence-corrected chi connectivity index (χ3v) is 2.98. The fraction of sp³-hybridized carbons (Fsp3) is 0.923. The summed E-state index contributed by atoms with van der Waals surface area (Å²) < 4.78 is 5.66. The maximum absolute atomic E-state index is 11.5. The van der Waals surface area contributed by atoms with Crippen molar-refractivity contribution in [1.82, 2.24) is 10.2 Å². The summed E-state index contributed by atoms with van der Waals surface area (Å²) in [6.45, 7) is 9.38. The van der Waals surface area contributed by atoms with Crippen molar-refractivity contribution in [2.45, 2.75) is 32.8 Å². The number of hydrogen-bond donors (Lipinski definition) is 2. The first kappa shape index (κ1) is 15.4. The lowest BCUT2D eigenvalue weighted by Crippen LogP contribution is -2.48. The Hall–Kier alpha value is -0.650. The van der Waals surface area contributed by atoms with Gasteiger partial charge >= 0.3 is 0 Å². The average Bonchev–Trinajstić information content (AvgIpc) is 2.33. The van der Waals surface area contributed by atoms with E-state index in [0.717, 1.165) is 32.7 Å². The molecule has 1 atom stereocenters. The Balaban J connectivity index is 2.19. The molecule has 5 nitrogen and oxygen atoms in total. The van der Waals surface area contributed by atoms with Crippen LogP contribution in [0.2, 0.25) is 0 Å². The van der Waals surface area contributed by atoms with Gasteiger partial charge in [-0.25, -0.2) is 0 Å². The van der Waals surface area contributed by atoms with Crippen LogP contribution in [0.4, 0.5) is 0 Å². The Kier molecular flexibility index (Phi) is 7.23. The van der Waals surface area contributed by atoms with Gasteiger partial charge in [0.05, 0.1) is 12.7 Å². The van der Waals surface area contributed by atoms with E-state index in [1.807, 2.05) is 0 Å². The first-order valence-electron chi connectivity index (χ1n) is 6.92. The Morgan fingerprint density at radius 2 is 2.33 bits per heavy atom. The topological polar surface area (TPSA) is 67.6 Å². The molecular formula is C13H27N3O2. The fourth-order valence-corrected chi connectivity index (χ4v) is 2.16. The van der Waals surface area contributed by atoms with Crippen LogP contribution in [-0.2, 0) is 9.53 Å². The average molecular weight is 257 g/mol. The van der Waals surface area contributed by atoms with Gasteiger partial charge in [-0.15, -0.1) is 0 Å². The minimum atomic E-state index is 0.0741. The van der Waals surface area contributed by atoms with Crippen LogP contribution in [0.3, 0.4) is 0 Å². The lowest BCUT2D eigenvalue weighted by Gasteiger charge is -2.33. The van der Waals surface area contributed by atoms with Gasteiger partial charge in [-0.05, 0) is 18.9 Å². The second-order valence-corrected chi connectivity index (χ2v) is 5.34. The summed E-state index contributed by atoms with van der Waals surface area (Å²) in [6, 6.07) is 0. The summed E-state index contributed by atoms with van der Waals surface area (Å²) in [5, 5.41) is 2.91. The van der Waals surface area contributed by atoms with E-state index in [1.54, 1.807) is 0 Å². The number of nitrogens with zero attached hydrogens (tertiary/aromatic N) is 1. The number of carbonyl (C=O) groups excluding carboxylic acids is 1. The van der Waals surface area contributed by atoms with Crippen molar-refractivity contribution in [3.05, 3.63) is 0 Å². The van der Waals surface area contributed by atoms with Crippen molar-refractivity contribution < 1.29 is 9.53 Å². The van der Waals surface area contributed by atoms with E-state index in [-0.39, 0.29) is 12.0 Å². The van der Waals surface area contributed by atoms with Gasteiger partial charge in [0.2, 0.25) is 5.91 Å². The van der Waals surface area contributed by atoms with Crippen molar-refractivity contribution in [3.8, 4) is 0 Å². The SMILES string of the molecule is CC(C)CN1CCOC(CNC(=O)CCCN)C1. The highest BCUT2D eigenvalue weighted by atomic mass is 16.5. The zero-order valence-corrected chi connectivity index (χ0v) is 11.7. The molecule has 0 spiro atoms. The molecule has 1 amide bonds. The number of morpholine rings is 1. The lowest BCUT2D eigenvalue weighted by molar-refractivity contribution is -0.122. The van der Waals surface area contributed by atoms with E-state index in [1.165, 1.54) is 0 Å². The van der Waals surface area contributed by atoms with E-state index in [0.29, 0.717) is 25.4 Å². The molecule has 1 heterocycles. The summed E-state index contributed by atoms with van der Waals surface area (Å²) in [6.07, 6.45) is 1.38. The molecule has 1 fully saturated rings. The van der Waals surface area contributed by atoms with Crippen LogP contribution in [0, 0.1) is 5.92 Å². The first-order valence-corrected chi connectivity index (χ1v) is 6.92. The standard InChI is InChI=1S/C13H27N3O2/c1-11(2)9-16-6-7-18-12(10-16)8-15-13(17)4-3-5-14/h11-12H,3-10,14H2,1-2H3,(H,15,17). The maximum Gasteiger partial charge on any atom is 0.220 e. The normalized spacial score (nSPS) is 21.2. The number of amides is 1. The van der Waals surface area contributed by atoms with Crippen LogP contribution in [0.25, 0.3) is 0 Å². The lowest BCUT2D eigenvalue weighted by atomic mass is 10.2. The number of rotatable bonds is 7. The third kappa shape index (κ3) is 6.33. The molecule has 1 saturated heterocycles. The quantitative estimate of drug-likeness (QED) is 0.683. The van der Waals surface area contributed by atoms with E-state index < -0.39 is 0 Å². The van der Waals surface area contributed by atoms with E-state index in [2.05, 4.69) is 24.1 Å². The number of nitrogens with two attached hydrogens (primary N) is 1. The molecule has 0 radical (unpaired) electrons. The van der Waals surface area contributed by atoms with Crippen LogP contribution in [-0.4, -0.2) is 56.2 Å². The Labute approximate surface area is 110 Å². The largest absolute Gasteiger partial charge is 0.374 e. The highest BCUT2D eigenvalue weighted by Gasteiger charge is 2.21. The van der Waals surface area contributed by atoms with Crippen molar-refractivity contribution in [2.75, 3.05) is 39.3 Å². The van der Waals surface area contributed by atoms with Crippen LogP contribution in [0.15, 0.2) is 0 Å².